The molecule has 9 heteroatoms. The van der Waals surface area contributed by atoms with E-state index in [0.717, 1.165) is 77.0 Å². The van der Waals surface area contributed by atoms with E-state index in [4.69, 9.17) is 9.05 Å². The Morgan fingerprint density at radius 2 is 0.833 bits per heavy atom. The topological polar surface area (TPSA) is 105 Å². The molecule has 0 radical (unpaired) electrons. The van der Waals surface area contributed by atoms with Gasteiger partial charge in [-0.2, -0.15) is 0 Å². The highest BCUT2D eigenvalue weighted by atomic mass is 31.2. The lowest BCUT2D eigenvalue weighted by atomic mass is 10.0. The molecular weight excluding hydrogens is 912 g/mol. The monoisotopic (exact) mass is 1030 g/mol. The Morgan fingerprint density at radius 3 is 1.22 bits per heavy atom. The van der Waals surface area contributed by atoms with Crippen LogP contribution >= 0.6 is 7.82 Å². The molecule has 3 unspecified atom stereocenters. The molecule has 420 valence electrons. The van der Waals surface area contributed by atoms with E-state index in [1.807, 2.05) is 27.2 Å². The molecule has 0 saturated heterocycles. The number of carbonyl (C=O) groups excluding carboxylic acids is 1. The van der Waals surface area contributed by atoms with Crippen LogP contribution in [-0.2, 0) is 18.4 Å². The number of unbranched alkanes of at least 4 members (excludes halogenated alkanes) is 32. The van der Waals surface area contributed by atoms with Gasteiger partial charge in [0.05, 0.1) is 39.9 Å². The highest BCUT2D eigenvalue weighted by Crippen LogP contribution is 2.43. The van der Waals surface area contributed by atoms with Gasteiger partial charge < -0.3 is 19.8 Å². The molecule has 0 aliphatic heterocycles. The van der Waals surface area contributed by atoms with Crippen molar-refractivity contribution in [3.05, 3.63) is 72.9 Å². The van der Waals surface area contributed by atoms with Gasteiger partial charge in [0.15, 0.2) is 0 Å². The summed E-state index contributed by atoms with van der Waals surface area (Å²) < 4.78 is 23.7. The van der Waals surface area contributed by atoms with Crippen molar-refractivity contribution in [2.75, 3.05) is 40.9 Å². The molecule has 3 N–H and O–H groups in total. The fourth-order valence-electron chi connectivity index (χ4n) is 8.72. The second-order valence-corrected chi connectivity index (χ2v) is 23.2. The number of quaternary nitrogens is 1. The Balaban J connectivity index is 4.17. The number of nitrogens with zero attached hydrogens (tertiary/aromatic N) is 1. The van der Waals surface area contributed by atoms with E-state index >= 15 is 0 Å². The minimum Gasteiger partial charge on any atom is -0.387 e. The van der Waals surface area contributed by atoms with Crippen molar-refractivity contribution in [2.24, 2.45) is 0 Å². The average Bonchev–Trinajstić information content (AvgIpc) is 3.34. The van der Waals surface area contributed by atoms with E-state index in [2.05, 4.69) is 79.9 Å². The van der Waals surface area contributed by atoms with Crippen LogP contribution in [-0.4, -0.2) is 73.4 Å². The van der Waals surface area contributed by atoms with Crippen molar-refractivity contribution >= 4 is 13.7 Å². The summed E-state index contributed by atoms with van der Waals surface area (Å²) >= 11 is 0. The number of likely N-dealkylation sites (N-methyl/N-ethyl adjacent to an activating group) is 1. The number of carbonyl (C=O) groups is 1. The van der Waals surface area contributed by atoms with Gasteiger partial charge in [-0.05, 0) is 64.2 Å². The molecule has 0 saturated carbocycles. The van der Waals surface area contributed by atoms with Crippen LogP contribution in [0.25, 0.3) is 0 Å². The quantitative estimate of drug-likeness (QED) is 0.0243. The number of phosphoric acid groups is 1. The summed E-state index contributed by atoms with van der Waals surface area (Å²) in [4.78, 5) is 23.3. The third kappa shape index (κ3) is 55.7. The Hall–Kier alpha value is -2.06. The number of allylic oxidation sites excluding steroid dienone is 11. The molecule has 72 heavy (non-hydrogen) atoms. The molecule has 0 fully saturated rings. The molecule has 0 aliphatic carbocycles. The van der Waals surface area contributed by atoms with Crippen molar-refractivity contribution in [2.45, 2.75) is 283 Å². The van der Waals surface area contributed by atoms with Gasteiger partial charge in [-0.15, -0.1) is 0 Å². The number of nitrogens with one attached hydrogen (secondary N) is 1. The predicted octanol–water partition coefficient (Wildman–Crippen LogP) is 18.7. The van der Waals surface area contributed by atoms with Crippen LogP contribution in [0, 0.1) is 0 Å². The van der Waals surface area contributed by atoms with Crippen LogP contribution in [0.2, 0.25) is 0 Å². The van der Waals surface area contributed by atoms with Crippen molar-refractivity contribution in [3.8, 4) is 0 Å². The third-order valence-corrected chi connectivity index (χ3v) is 14.4. The smallest absolute Gasteiger partial charge is 0.387 e. The highest BCUT2D eigenvalue weighted by molar-refractivity contribution is 7.47. The van der Waals surface area contributed by atoms with Crippen LogP contribution < -0.4 is 5.32 Å². The van der Waals surface area contributed by atoms with E-state index in [9.17, 15) is 19.4 Å². The standard InChI is InChI=1S/C63H117N2O6P/c1-6-8-10-12-14-16-18-20-22-24-26-27-28-29-30-31-32-33-34-35-36-37-39-40-42-44-46-48-50-52-54-56-62(66)61(60-71-72(68,69)70-59-58-65(3,4)5)64-63(67)57-55-53-51-49-47-45-43-41-38-25-23-21-19-17-15-13-11-9-7-2/h9,11,15,17,21,23,38,41,45,47,54,56,61-62,66H,6-8,10,12-14,16,18-20,22,24-37,39-40,42-44,46,48-53,55,57-60H2,1-5H3,(H-,64,67,68,69)/p+1/b11-9-,17-15-,23-21-,41-38-,47-45-,56-54+. The molecule has 3 atom stereocenters. The molecule has 0 aromatic rings. The minimum atomic E-state index is -4.36. The number of phosphoric ester groups is 1. The fourth-order valence-corrected chi connectivity index (χ4v) is 9.45. The molecule has 0 heterocycles. The predicted molar refractivity (Wildman–Crippen MR) is 313 cm³/mol. The lowest BCUT2D eigenvalue weighted by Gasteiger charge is -2.25. The first-order valence-electron chi connectivity index (χ1n) is 30.3. The van der Waals surface area contributed by atoms with Gasteiger partial charge in [0.25, 0.3) is 0 Å². The average molecular weight is 1030 g/mol. The molecule has 0 aliphatic rings. The Kier molecular flexibility index (Phi) is 52.2. The summed E-state index contributed by atoms with van der Waals surface area (Å²) in [6, 6.07) is -0.869. The molecule has 0 aromatic heterocycles. The van der Waals surface area contributed by atoms with E-state index in [1.54, 1.807) is 6.08 Å². The zero-order valence-electron chi connectivity index (χ0n) is 47.9. The number of hydrogen-bond acceptors (Lipinski definition) is 5. The van der Waals surface area contributed by atoms with Gasteiger partial charge in [-0.1, -0.05) is 273 Å². The van der Waals surface area contributed by atoms with Gasteiger partial charge in [0.2, 0.25) is 5.91 Å². The zero-order valence-corrected chi connectivity index (χ0v) is 48.8. The zero-order chi connectivity index (χ0) is 52.7. The fraction of sp³-hybridized carbons (Fsp3) is 0.794. The normalized spacial score (nSPS) is 14.4. The summed E-state index contributed by atoms with van der Waals surface area (Å²) in [5.74, 6) is -0.208. The molecular formula is C63H118N2O6P+. The van der Waals surface area contributed by atoms with Crippen LogP contribution in [0.4, 0.5) is 0 Å². The van der Waals surface area contributed by atoms with Crippen LogP contribution in [0.5, 0.6) is 0 Å². The third-order valence-electron chi connectivity index (χ3n) is 13.4. The molecule has 0 aromatic carbocycles. The second kappa shape index (κ2) is 53.8. The van der Waals surface area contributed by atoms with Crippen molar-refractivity contribution in [3.63, 3.8) is 0 Å². The van der Waals surface area contributed by atoms with Crippen molar-refractivity contribution in [1.82, 2.24) is 5.32 Å². The maximum atomic E-state index is 13.0. The van der Waals surface area contributed by atoms with Crippen LogP contribution in [0.15, 0.2) is 72.9 Å². The van der Waals surface area contributed by atoms with Crippen molar-refractivity contribution < 1.29 is 32.9 Å². The molecule has 0 bridgehead atoms. The van der Waals surface area contributed by atoms with Gasteiger partial charge >= 0.3 is 7.82 Å². The lowest BCUT2D eigenvalue weighted by Crippen LogP contribution is -2.45. The summed E-state index contributed by atoms with van der Waals surface area (Å²) in [7, 11) is 1.55. The summed E-state index contributed by atoms with van der Waals surface area (Å²) in [6.45, 7) is 4.69. The first-order valence-corrected chi connectivity index (χ1v) is 31.8. The largest absolute Gasteiger partial charge is 0.472 e. The summed E-state index contributed by atoms with van der Waals surface area (Å²) in [5.41, 5.74) is 0. The van der Waals surface area contributed by atoms with Crippen LogP contribution in [0.1, 0.15) is 271 Å². The van der Waals surface area contributed by atoms with Gasteiger partial charge in [0, 0.05) is 6.42 Å². The molecule has 8 nitrogen and oxygen atoms in total. The molecule has 0 rings (SSSR count). The van der Waals surface area contributed by atoms with E-state index in [1.165, 1.54) is 173 Å². The number of aliphatic hydroxyl groups is 1. The number of hydrogen-bond donors (Lipinski definition) is 3. The summed E-state index contributed by atoms with van der Waals surface area (Å²) in [5, 5.41) is 13.9. The molecule has 0 spiro atoms. The second-order valence-electron chi connectivity index (χ2n) is 21.7. The maximum absolute atomic E-state index is 13.0. The van der Waals surface area contributed by atoms with Crippen molar-refractivity contribution in [1.29, 1.82) is 0 Å². The van der Waals surface area contributed by atoms with Gasteiger partial charge in [-0.25, -0.2) is 4.57 Å². The number of rotatable bonds is 55. The van der Waals surface area contributed by atoms with Gasteiger partial charge in [-0.3, -0.25) is 13.8 Å². The lowest BCUT2D eigenvalue weighted by molar-refractivity contribution is -0.870. The van der Waals surface area contributed by atoms with E-state index in [0.29, 0.717) is 17.4 Å². The van der Waals surface area contributed by atoms with E-state index < -0.39 is 20.0 Å². The highest BCUT2D eigenvalue weighted by Gasteiger charge is 2.27. The maximum Gasteiger partial charge on any atom is 0.472 e. The summed E-state index contributed by atoms with van der Waals surface area (Å²) in [6.07, 6.45) is 74.6. The number of aliphatic hydroxyl groups excluding tert-OH is 1. The first kappa shape index (κ1) is 69.9. The number of amides is 1. The van der Waals surface area contributed by atoms with E-state index in [-0.39, 0.29) is 19.1 Å². The first-order chi connectivity index (χ1) is 35.0. The SMILES string of the molecule is CC/C=C\C/C=C\C/C=C\C/C=C\C/C=C\CCCCCC(=O)NC(COP(=O)(O)OCC[N+](C)(C)C)C(O)/C=C/CCCCCCCCCCCCCCCCCCCCCCCCCCCCCCC. The van der Waals surface area contributed by atoms with Gasteiger partial charge in [0.1, 0.15) is 13.2 Å². The Labute approximate surface area is 446 Å². The minimum absolute atomic E-state index is 0.0517. The Morgan fingerprint density at radius 1 is 0.486 bits per heavy atom. The van der Waals surface area contributed by atoms with Crippen LogP contribution in [0.3, 0.4) is 0 Å². The Bertz CT molecular complexity index is 1400. The molecule has 1 amide bonds.